The number of rotatable bonds is 4. The molecule has 0 heterocycles. The number of nitrogens with zero attached hydrogens (tertiary/aromatic N) is 1. The van der Waals surface area contributed by atoms with Crippen molar-refractivity contribution >= 4 is 44.1 Å². The summed E-state index contributed by atoms with van der Waals surface area (Å²) >= 11 is 1.31. The van der Waals surface area contributed by atoms with E-state index in [2.05, 4.69) is 4.40 Å². The number of carbonyl (C=O) groups excluding carboxylic acids is 1. The number of sulfonamides is 1. The number of hydrogen-bond acceptors (Lipinski definition) is 4. The van der Waals surface area contributed by atoms with E-state index in [1.165, 1.54) is 11.8 Å². The van der Waals surface area contributed by atoms with Crippen molar-refractivity contribution in [3.63, 3.8) is 0 Å². The van der Waals surface area contributed by atoms with Crippen LogP contribution in [0.25, 0.3) is 10.8 Å². The normalized spacial score (nSPS) is 14.9. The zero-order valence-electron chi connectivity index (χ0n) is 17.7. The zero-order valence-corrected chi connectivity index (χ0v) is 19.4. The Hall–Kier alpha value is -3.48. The molecule has 0 N–H and O–H groups in total. The molecule has 4 aromatic rings. The lowest BCUT2D eigenvalue weighted by Gasteiger charge is -2.17. The van der Waals surface area contributed by atoms with Crippen LogP contribution in [-0.4, -0.2) is 19.9 Å². The average Bonchev–Trinajstić information content (AvgIpc) is 2.83. The maximum atomic E-state index is 13.2. The van der Waals surface area contributed by atoms with Gasteiger partial charge in [0.15, 0.2) is 5.78 Å². The number of hydrogen-bond donors (Lipinski definition) is 0. The third-order valence-corrected chi connectivity index (χ3v) is 7.74. The molecule has 0 aromatic heterocycles. The van der Waals surface area contributed by atoms with Crippen LogP contribution in [0, 0.1) is 6.92 Å². The lowest BCUT2D eigenvalue weighted by Crippen LogP contribution is -2.17. The summed E-state index contributed by atoms with van der Waals surface area (Å²) in [6.07, 6.45) is 1.58. The molecule has 0 bridgehead atoms. The Bertz CT molecular complexity index is 1570. The quantitative estimate of drug-likeness (QED) is 0.357. The van der Waals surface area contributed by atoms with Crippen LogP contribution in [0.5, 0.6) is 0 Å². The molecule has 33 heavy (non-hydrogen) atoms. The molecule has 4 nitrogen and oxygen atoms in total. The fraction of sp³-hybridized carbons (Fsp3) is 0.0370. The van der Waals surface area contributed by atoms with Crippen LogP contribution in [0.1, 0.15) is 21.5 Å². The van der Waals surface area contributed by atoms with Gasteiger partial charge >= 0.3 is 0 Å². The topological polar surface area (TPSA) is 63.6 Å². The maximum Gasteiger partial charge on any atom is 0.282 e. The van der Waals surface area contributed by atoms with Crippen molar-refractivity contribution in [2.75, 3.05) is 0 Å². The Morgan fingerprint density at radius 2 is 1.42 bits per heavy atom. The molecule has 0 radical (unpaired) electrons. The van der Waals surface area contributed by atoms with Crippen molar-refractivity contribution < 1.29 is 13.2 Å². The number of thioether (sulfide) groups is 1. The Morgan fingerprint density at radius 1 is 0.758 bits per heavy atom. The second kappa shape index (κ2) is 8.46. The van der Waals surface area contributed by atoms with Crippen LogP contribution in [0.15, 0.2) is 116 Å². The van der Waals surface area contributed by atoms with Gasteiger partial charge in [0, 0.05) is 16.0 Å². The van der Waals surface area contributed by atoms with Gasteiger partial charge in [-0.2, -0.15) is 12.8 Å². The summed E-state index contributed by atoms with van der Waals surface area (Å²) in [7, 11) is -3.99. The second-order valence-corrected chi connectivity index (χ2v) is 10.5. The minimum absolute atomic E-state index is 0.115. The first-order valence-corrected chi connectivity index (χ1v) is 12.6. The van der Waals surface area contributed by atoms with Crippen LogP contribution in [0.3, 0.4) is 0 Å². The molecule has 0 saturated heterocycles. The number of carbonyl (C=O) groups is 1. The van der Waals surface area contributed by atoms with E-state index in [-0.39, 0.29) is 16.4 Å². The highest BCUT2D eigenvalue weighted by atomic mass is 32.2. The standard InChI is InChI=1S/C27H19NO3S2/c1-18-10-13-21(14-11-18)32-26-17-25(23-8-4-5-9-24(23)27(26)29)28-33(30,31)22-15-12-19-6-2-3-7-20(19)16-22/h2-17H,1H3. The van der Waals surface area contributed by atoms with Crippen LogP contribution in [-0.2, 0) is 10.0 Å². The average molecular weight is 470 g/mol. The van der Waals surface area contributed by atoms with Crippen LogP contribution in [0.2, 0.25) is 0 Å². The Kier molecular flexibility index (Phi) is 5.48. The van der Waals surface area contributed by atoms with Gasteiger partial charge < -0.3 is 0 Å². The van der Waals surface area contributed by atoms with Crippen molar-refractivity contribution in [1.82, 2.24) is 0 Å². The summed E-state index contributed by atoms with van der Waals surface area (Å²) in [5.74, 6) is -0.141. The molecule has 0 aliphatic heterocycles. The summed E-state index contributed by atoms with van der Waals surface area (Å²) in [5.41, 5.74) is 2.34. The zero-order chi connectivity index (χ0) is 23.0. The van der Waals surface area contributed by atoms with E-state index in [0.29, 0.717) is 16.0 Å². The molecule has 6 heteroatoms. The minimum atomic E-state index is -3.99. The number of Topliss-reactive ketones (excluding diaryl/α,β-unsaturated/α-hetero) is 1. The van der Waals surface area contributed by atoms with Gasteiger partial charge in [-0.1, -0.05) is 84.1 Å². The highest BCUT2D eigenvalue weighted by Gasteiger charge is 2.26. The molecule has 0 spiro atoms. The minimum Gasteiger partial charge on any atom is -0.288 e. The molecular weight excluding hydrogens is 450 g/mol. The van der Waals surface area contributed by atoms with Gasteiger partial charge in [0.05, 0.1) is 15.5 Å². The van der Waals surface area contributed by atoms with Gasteiger partial charge in [-0.15, -0.1) is 0 Å². The molecule has 0 atom stereocenters. The highest BCUT2D eigenvalue weighted by molar-refractivity contribution is 8.04. The first kappa shape index (κ1) is 21.4. The fourth-order valence-electron chi connectivity index (χ4n) is 3.70. The molecule has 4 aromatic carbocycles. The molecule has 162 valence electrons. The summed E-state index contributed by atoms with van der Waals surface area (Å²) in [6, 6.07) is 27.3. The lowest BCUT2D eigenvalue weighted by atomic mass is 9.94. The molecule has 0 unspecified atom stereocenters. The predicted octanol–water partition coefficient (Wildman–Crippen LogP) is 6.20. The Balaban J connectivity index is 1.60. The third kappa shape index (κ3) is 4.27. The SMILES string of the molecule is Cc1ccc(SC2=CC(=NS(=O)(=O)c3ccc4ccccc4c3)c3ccccc3C2=O)cc1. The maximum absolute atomic E-state index is 13.2. The van der Waals surface area contributed by atoms with Gasteiger partial charge in [0.2, 0.25) is 0 Å². The van der Waals surface area contributed by atoms with Gasteiger partial charge in [0.25, 0.3) is 10.0 Å². The monoisotopic (exact) mass is 469 g/mol. The summed E-state index contributed by atoms with van der Waals surface area (Å²) in [6.45, 7) is 2.00. The van der Waals surface area contributed by atoms with Crippen molar-refractivity contribution in [3.8, 4) is 0 Å². The van der Waals surface area contributed by atoms with E-state index < -0.39 is 10.0 Å². The molecule has 0 amide bonds. The largest absolute Gasteiger partial charge is 0.288 e. The molecule has 1 aliphatic carbocycles. The van der Waals surface area contributed by atoms with Crippen LogP contribution in [0.4, 0.5) is 0 Å². The van der Waals surface area contributed by atoms with E-state index in [1.54, 1.807) is 48.5 Å². The van der Waals surface area contributed by atoms with Crippen molar-refractivity contribution in [1.29, 1.82) is 0 Å². The van der Waals surface area contributed by atoms with Crippen molar-refractivity contribution in [2.45, 2.75) is 16.7 Å². The van der Waals surface area contributed by atoms with Crippen LogP contribution >= 0.6 is 11.8 Å². The number of benzene rings is 4. The summed E-state index contributed by atoms with van der Waals surface area (Å²) in [4.78, 5) is 14.6. The number of ketones is 1. The van der Waals surface area contributed by atoms with Gasteiger partial charge in [-0.05, 0) is 48.0 Å². The van der Waals surface area contributed by atoms with E-state index in [4.69, 9.17) is 0 Å². The van der Waals surface area contributed by atoms with Gasteiger partial charge in [0.1, 0.15) is 0 Å². The number of allylic oxidation sites excluding steroid dienone is 2. The van der Waals surface area contributed by atoms with E-state index in [1.807, 2.05) is 55.5 Å². The smallest absolute Gasteiger partial charge is 0.282 e. The van der Waals surface area contributed by atoms with Crippen molar-refractivity contribution in [2.24, 2.45) is 4.40 Å². The van der Waals surface area contributed by atoms with Gasteiger partial charge in [-0.25, -0.2) is 0 Å². The van der Waals surface area contributed by atoms with E-state index in [9.17, 15) is 13.2 Å². The van der Waals surface area contributed by atoms with E-state index in [0.717, 1.165) is 21.2 Å². The Labute approximate surface area is 196 Å². The first-order chi connectivity index (χ1) is 15.9. The number of fused-ring (bicyclic) bond motifs is 2. The molecule has 0 saturated carbocycles. The number of aryl methyl sites for hydroxylation is 1. The summed E-state index contributed by atoms with van der Waals surface area (Å²) in [5, 5.41) is 1.78. The summed E-state index contributed by atoms with van der Waals surface area (Å²) < 4.78 is 30.6. The first-order valence-electron chi connectivity index (χ1n) is 10.3. The molecule has 0 fully saturated rings. The highest BCUT2D eigenvalue weighted by Crippen LogP contribution is 2.34. The lowest BCUT2D eigenvalue weighted by molar-refractivity contribution is 0.104. The molecule has 1 aliphatic rings. The third-order valence-electron chi connectivity index (χ3n) is 5.43. The van der Waals surface area contributed by atoms with E-state index >= 15 is 0 Å². The van der Waals surface area contributed by atoms with Crippen molar-refractivity contribution in [3.05, 3.63) is 119 Å². The predicted molar refractivity (Wildman–Crippen MR) is 134 cm³/mol. The van der Waals surface area contributed by atoms with Crippen LogP contribution < -0.4 is 0 Å². The Morgan fingerprint density at radius 3 is 2.18 bits per heavy atom. The van der Waals surface area contributed by atoms with Gasteiger partial charge in [-0.3, -0.25) is 4.79 Å². The molecular formula is C27H19NO3S2. The second-order valence-electron chi connectivity index (χ2n) is 7.76. The molecule has 5 rings (SSSR count). The fourth-order valence-corrected chi connectivity index (χ4v) is 5.63.